The van der Waals surface area contributed by atoms with E-state index in [0.717, 1.165) is 72.8 Å². The summed E-state index contributed by atoms with van der Waals surface area (Å²) < 4.78 is 47.8. The molecule has 3 aromatic carbocycles. The van der Waals surface area contributed by atoms with E-state index >= 15 is 0 Å². The lowest BCUT2D eigenvalue weighted by Crippen LogP contribution is -3.00. The number of aliphatic hydroxyl groups excluding tert-OH is 1. The van der Waals surface area contributed by atoms with Gasteiger partial charge < -0.3 is 50.2 Å². The summed E-state index contributed by atoms with van der Waals surface area (Å²) in [5.41, 5.74) is 0.352. The van der Waals surface area contributed by atoms with Gasteiger partial charge in [-0.1, -0.05) is 12.8 Å². The van der Waals surface area contributed by atoms with Crippen LogP contribution in [0.15, 0.2) is 65.6 Å². The van der Waals surface area contributed by atoms with Gasteiger partial charge in [0.15, 0.2) is 0 Å². The van der Waals surface area contributed by atoms with Crippen molar-refractivity contribution in [1.29, 1.82) is 0 Å². The Balaban J connectivity index is 0.00000650. The molecule has 0 aliphatic heterocycles. The van der Waals surface area contributed by atoms with Crippen LogP contribution in [0.2, 0.25) is 0 Å². The number of amides is 1. The van der Waals surface area contributed by atoms with Gasteiger partial charge in [-0.25, -0.2) is 8.78 Å². The van der Waals surface area contributed by atoms with Crippen molar-refractivity contribution in [1.82, 2.24) is 4.57 Å². The normalized spacial score (nSPS) is 11.3. The maximum absolute atomic E-state index is 14.1. The van der Waals surface area contributed by atoms with Crippen LogP contribution >= 0.6 is 0 Å². The predicted octanol–water partition coefficient (Wildman–Crippen LogP) is 3.35. The molecule has 12 heteroatoms. The molecule has 0 radical (unpaired) electrons. The quantitative estimate of drug-likeness (QED) is 0.132. The van der Waals surface area contributed by atoms with Crippen LogP contribution in [0, 0.1) is 11.6 Å². The first kappa shape index (κ1) is 39.4. The average Bonchev–Trinajstić information content (AvgIpc) is 3.05. The number of benzene rings is 3. The van der Waals surface area contributed by atoms with Crippen molar-refractivity contribution in [3.63, 3.8) is 0 Å². The summed E-state index contributed by atoms with van der Waals surface area (Å²) >= 11 is 0. The molecule has 1 N–H and O–H groups in total. The maximum Gasteiger partial charge on any atom is 0.263 e. The number of fused-ring (bicyclic) bond motifs is 1. The highest BCUT2D eigenvalue weighted by molar-refractivity contribution is 6.07. The number of anilines is 1. The summed E-state index contributed by atoms with van der Waals surface area (Å²) in [5, 5.41) is 9.47. The number of likely N-dealkylation sites (N-methyl/N-ethyl adjacent to an activating group) is 1. The van der Waals surface area contributed by atoms with Gasteiger partial charge in [0.05, 0.1) is 59.3 Å². The SMILES string of the molecule is CCN(C(=O)c1cn(-c2cc(OC)cc(OC)c2)c2cc(OCCCCCCC[N+](C)(C)CCO)ccc2c1=O)c1cc(F)cc(F)c1.[Br-]. The number of quaternary nitrogens is 1. The molecular formula is C37H46BrF2N3O6. The fraction of sp³-hybridized carbons (Fsp3) is 0.405. The molecule has 9 nitrogen and oxygen atoms in total. The van der Waals surface area contributed by atoms with Crippen LogP contribution in [0.4, 0.5) is 14.5 Å². The van der Waals surface area contributed by atoms with Crippen molar-refractivity contribution >= 4 is 22.5 Å². The van der Waals surface area contributed by atoms with E-state index in [0.29, 0.717) is 35.1 Å². The van der Waals surface area contributed by atoms with Crippen LogP contribution in [0.25, 0.3) is 16.6 Å². The fourth-order valence-corrected chi connectivity index (χ4v) is 5.72. The van der Waals surface area contributed by atoms with E-state index in [4.69, 9.17) is 14.2 Å². The van der Waals surface area contributed by atoms with Crippen molar-refractivity contribution in [3.8, 4) is 22.9 Å². The summed E-state index contributed by atoms with van der Waals surface area (Å²) in [6.45, 7) is 4.21. The Morgan fingerprint density at radius 3 is 2.10 bits per heavy atom. The van der Waals surface area contributed by atoms with E-state index in [9.17, 15) is 23.5 Å². The Bertz CT molecular complexity index is 1740. The summed E-state index contributed by atoms with van der Waals surface area (Å²) in [4.78, 5) is 28.9. The fourth-order valence-electron chi connectivity index (χ4n) is 5.72. The number of rotatable bonds is 17. The summed E-state index contributed by atoms with van der Waals surface area (Å²) in [7, 11) is 7.31. The van der Waals surface area contributed by atoms with Gasteiger partial charge in [0.2, 0.25) is 5.43 Å². The minimum Gasteiger partial charge on any atom is -1.00 e. The molecule has 0 bridgehead atoms. The first-order chi connectivity index (χ1) is 23.0. The zero-order chi connectivity index (χ0) is 34.8. The molecular weight excluding hydrogens is 700 g/mol. The van der Waals surface area contributed by atoms with Gasteiger partial charge in [-0.05, 0) is 50.5 Å². The first-order valence-electron chi connectivity index (χ1n) is 16.3. The third-order valence-corrected chi connectivity index (χ3v) is 8.42. The van der Waals surface area contributed by atoms with Crippen LogP contribution in [-0.4, -0.2) is 81.2 Å². The number of carbonyl (C=O) groups excluding carboxylic acids is 1. The lowest BCUT2D eigenvalue weighted by atomic mass is 10.1. The standard InChI is InChI=1S/C37H46F2N3O6.BrH/c1-6-40(28-19-26(38)18-27(39)20-28)37(45)34-25-41(29-21-31(46-4)23-32(22-29)47-5)35-24-30(12-13-33(35)36(34)44)48-17-11-9-7-8-10-14-42(2,3)15-16-43;/h12-13,18-25,43H,6-11,14-17H2,1-5H3;1H/q+1;/p-1. The zero-order valence-electron chi connectivity index (χ0n) is 28.8. The van der Waals surface area contributed by atoms with Crippen molar-refractivity contribution in [2.45, 2.75) is 39.0 Å². The monoisotopic (exact) mass is 745 g/mol. The number of aromatic nitrogens is 1. The van der Waals surface area contributed by atoms with Crippen LogP contribution in [0.5, 0.6) is 17.2 Å². The highest BCUT2D eigenvalue weighted by Crippen LogP contribution is 2.29. The lowest BCUT2D eigenvalue weighted by Gasteiger charge is -2.28. The molecule has 1 amide bonds. The highest BCUT2D eigenvalue weighted by Gasteiger charge is 2.24. The Morgan fingerprint density at radius 2 is 1.49 bits per heavy atom. The third kappa shape index (κ3) is 10.3. The van der Waals surface area contributed by atoms with Crippen molar-refractivity contribution < 1.29 is 54.4 Å². The van der Waals surface area contributed by atoms with E-state index in [-0.39, 0.29) is 46.8 Å². The van der Waals surface area contributed by atoms with Crippen molar-refractivity contribution in [2.75, 3.05) is 66.1 Å². The molecule has 0 saturated carbocycles. The molecule has 49 heavy (non-hydrogen) atoms. The maximum atomic E-state index is 14.1. The van der Waals surface area contributed by atoms with E-state index < -0.39 is 23.0 Å². The summed E-state index contributed by atoms with van der Waals surface area (Å²) in [6, 6.07) is 13.1. The van der Waals surface area contributed by atoms with Gasteiger partial charge in [0.1, 0.15) is 41.0 Å². The Hall–Kier alpha value is -4.00. The average molecular weight is 747 g/mol. The molecule has 266 valence electrons. The van der Waals surface area contributed by atoms with Gasteiger partial charge in [-0.2, -0.15) is 0 Å². The van der Waals surface area contributed by atoms with E-state index in [1.807, 2.05) is 0 Å². The van der Waals surface area contributed by atoms with Crippen molar-refractivity contribution in [2.24, 2.45) is 0 Å². The van der Waals surface area contributed by atoms with Gasteiger partial charge in [-0.3, -0.25) is 9.59 Å². The molecule has 4 aromatic rings. The van der Waals surface area contributed by atoms with Crippen LogP contribution in [-0.2, 0) is 0 Å². The number of aliphatic hydroxyl groups is 1. The van der Waals surface area contributed by atoms with Crippen molar-refractivity contribution in [3.05, 3.63) is 88.2 Å². The van der Waals surface area contributed by atoms with E-state index in [1.54, 1.807) is 47.9 Å². The second-order valence-electron chi connectivity index (χ2n) is 12.4. The smallest absolute Gasteiger partial charge is 0.263 e. The number of pyridine rings is 1. The summed E-state index contributed by atoms with van der Waals surface area (Å²) in [6.07, 6.45) is 6.63. The Kier molecular flexibility index (Phi) is 14.6. The molecule has 0 fully saturated rings. The van der Waals surface area contributed by atoms with Gasteiger partial charge in [0.25, 0.3) is 5.91 Å². The van der Waals surface area contributed by atoms with Gasteiger partial charge in [-0.15, -0.1) is 0 Å². The minimum atomic E-state index is -0.833. The number of halogens is 3. The van der Waals surface area contributed by atoms with Gasteiger partial charge >= 0.3 is 0 Å². The molecule has 0 aliphatic rings. The Labute approximate surface area is 297 Å². The lowest BCUT2D eigenvalue weighted by molar-refractivity contribution is -0.890. The number of methoxy groups -OCH3 is 2. The molecule has 0 atom stereocenters. The van der Waals surface area contributed by atoms with Gasteiger partial charge in [0, 0.05) is 54.1 Å². The van der Waals surface area contributed by atoms with E-state index in [1.165, 1.54) is 20.4 Å². The molecule has 1 aromatic heterocycles. The van der Waals surface area contributed by atoms with Crippen LogP contribution in [0.1, 0.15) is 49.4 Å². The number of hydrogen-bond acceptors (Lipinski definition) is 6. The largest absolute Gasteiger partial charge is 1.00 e. The summed E-state index contributed by atoms with van der Waals surface area (Å²) in [5.74, 6) is -0.801. The molecule has 0 saturated heterocycles. The minimum absolute atomic E-state index is 0. The number of unbranched alkanes of at least 4 members (excludes halogenated alkanes) is 4. The number of ether oxygens (including phenoxy) is 3. The number of carbonyl (C=O) groups is 1. The zero-order valence-corrected chi connectivity index (χ0v) is 30.4. The second-order valence-corrected chi connectivity index (χ2v) is 12.4. The molecule has 1 heterocycles. The molecule has 0 unspecified atom stereocenters. The third-order valence-electron chi connectivity index (χ3n) is 8.42. The van der Waals surface area contributed by atoms with Crippen LogP contribution < -0.4 is 41.5 Å². The number of nitrogens with zero attached hydrogens (tertiary/aromatic N) is 3. The topological polar surface area (TPSA) is 90.2 Å². The highest BCUT2D eigenvalue weighted by atomic mass is 79.9. The molecule has 0 spiro atoms. The first-order valence-corrected chi connectivity index (χ1v) is 16.3. The van der Waals surface area contributed by atoms with Crippen LogP contribution in [0.3, 0.4) is 0 Å². The van der Waals surface area contributed by atoms with E-state index in [2.05, 4.69) is 14.1 Å². The Morgan fingerprint density at radius 1 is 0.857 bits per heavy atom. The molecule has 0 aliphatic carbocycles. The number of hydrogen-bond donors (Lipinski definition) is 1. The predicted molar refractivity (Wildman–Crippen MR) is 184 cm³/mol. The molecule has 4 rings (SSSR count). The second kappa shape index (κ2) is 18.1.